The van der Waals surface area contributed by atoms with E-state index in [-0.39, 0.29) is 29.3 Å². The number of rotatable bonds is 8. The van der Waals surface area contributed by atoms with Crippen molar-refractivity contribution in [1.29, 1.82) is 0 Å². The molecule has 8 heteroatoms. The third-order valence-electron chi connectivity index (χ3n) is 9.17. The van der Waals surface area contributed by atoms with Crippen molar-refractivity contribution in [3.63, 3.8) is 0 Å². The van der Waals surface area contributed by atoms with Crippen LogP contribution >= 0.6 is 0 Å². The lowest BCUT2D eigenvalue weighted by Crippen LogP contribution is -2.33. The molecule has 2 heterocycles. The molecule has 44 heavy (non-hydrogen) atoms. The number of aromatic hydroxyl groups is 3. The number of hydrogen-bond acceptors (Lipinski definition) is 8. The van der Waals surface area contributed by atoms with Crippen LogP contribution in [0, 0.1) is 0 Å². The lowest BCUT2D eigenvalue weighted by molar-refractivity contribution is 0.221. The summed E-state index contributed by atoms with van der Waals surface area (Å²) in [7, 11) is 7.35. The van der Waals surface area contributed by atoms with Crippen molar-refractivity contribution in [2.45, 2.75) is 37.8 Å². The Morgan fingerprint density at radius 2 is 1.27 bits per heavy atom. The van der Waals surface area contributed by atoms with E-state index in [1.165, 1.54) is 5.56 Å². The minimum absolute atomic E-state index is 0.0614. The van der Waals surface area contributed by atoms with Crippen LogP contribution in [0.15, 0.2) is 66.7 Å². The van der Waals surface area contributed by atoms with Crippen molar-refractivity contribution in [3.05, 3.63) is 100 Å². The first-order valence-electron chi connectivity index (χ1n) is 15.0. The van der Waals surface area contributed by atoms with E-state index in [4.69, 9.17) is 14.2 Å². The van der Waals surface area contributed by atoms with Gasteiger partial charge in [0.25, 0.3) is 0 Å². The van der Waals surface area contributed by atoms with Gasteiger partial charge in [-0.1, -0.05) is 24.3 Å². The van der Waals surface area contributed by atoms with E-state index in [1.807, 2.05) is 54.6 Å². The summed E-state index contributed by atoms with van der Waals surface area (Å²) in [5.41, 5.74) is 6.42. The predicted molar refractivity (Wildman–Crippen MR) is 169 cm³/mol. The van der Waals surface area contributed by atoms with E-state index in [0.717, 1.165) is 60.2 Å². The van der Waals surface area contributed by atoms with E-state index in [2.05, 4.69) is 23.9 Å². The van der Waals surface area contributed by atoms with Crippen LogP contribution in [0.3, 0.4) is 0 Å². The summed E-state index contributed by atoms with van der Waals surface area (Å²) < 4.78 is 17.4. The van der Waals surface area contributed by atoms with Gasteiger partial charge in [0.2, 0.25) is 5.75 Å². The lowest BCUT2D eigenvalue weighted by atomic mass is 9.87. The second-order valence-electron chi connectivity index (χ2n) is 11.9. The van der Waals surface area contributed by atoms with Gasteiger partial charge in [-0.2, -0.15) is 0 Å². The fourth-order valence-corrected chi connectivity index (χ4v) is 6.62. The van der Waals surface area contributed by atoms with E-state index in [1.54, 1.807) is 26.4 Å². The molecule has 8 nitrogen and oxygen atoms in total. The van der Waals surface area contributed by atoms with Gasteiger partial charge in [-0.15, -0.1) is 0 Å². The highest BCUT2D eigenvalue weighted by Crippen LogP contribution is 2.49. The fraction of sp³-hybridized carbons (Fsp3) is 0.333. The van der Waals surface area contributed by atoms with E-state index in [9.17, 15) is 15.3 Å². The zero-order valence-corrected chi connectivity index (χ0v) is 25.7. The molecule has 0 saturated carbocycles. The Morgan fingerprint density at radius 3 is 1.93 bits per heavy atom. The van der Waals surface area contributed by atoms with Gasteiger partial charge in [-0.05, 0) is 110 Å². The van der Waals surface area contributed by atoms with Crippen molar-refractivity contribution < 1.29 is 29.5 Å². The molecule has 4 aromatic carbocycles. The number of ether oxygens (including phenoxy) is 3. The molecule has 0 fully saturated rings. The Hall–Kier alpha value is -4.40. The molecular formula is C36H40N2O6. The number of nitrogens with zero attached hydrogens (tertiary/aromatic N) is 2. The van der Waals surface area contributed by atoms with Gasteiger partial charge in [-0.25, -0.2) is 0 Å². The van der Waals surface area contributed by atoms with Crippen molar-refractivity contribution in [3.8, 4) is 40.2 Å². The molecule has 2 atom stereocenters. The molecule has 0 amide bonds. The number of likely N-dealkylation sites (N-methyl/N-ethyl adjacent to an activating group) is 2. The monoisotopic (exact) mass is 596 g/mol. The summed E-state index contributed by atoms with van der Waals surface area (Å²) >= 11 is 0. The van der Waals surface area contributed by atoms with Crippen molar-refractivity contribution in [2.24, 2.45) is 0 Å². The van der Waals surface area contributed by atoms with Gasteiger partial charge in [0, 0.05) is 30.7 Å². The highest BCUT2D eigenvalue weighted by atomic mass is 16.5. The Balaban J connectivity index is 1.25. The first-order chi connectivity index (χ1) is 21.2. The van der Waals surface area contributed by atoms with Gasteiger partial charge < -0.3 is 29.5 Å². The van der Waals surface area contributed by atoms with Crippen LogP contribution in [0.4, 0.5) is 0 Å². The second-order valence-corrected chi connectivity index (χ2v) is 11.9. The summed E-state index contributed by atoms with van der Waals surface area (Å²) in [4.78, 5) is 4.57. The number of methoxy groups -OCH3 is 2. The Morgan fingerprint density at radius 1 is 0.705 bits per heavy atom. The highest BCUT2D eigenvalue weighted by molar-refractivity contribution is 5.61. The van der Waals surface area contributed by atoms with Gasteiger partial charge in [0.1, 0.15) is 11.5 Å². The third-order valence-corrected chi connectivity index (χ3v) is 9.17. The van der Waals surface area contributed by atoms with Crippen LogP contribution in [-0.4, -0.2) is 66.5 Å². The zero-order chi connectivity index (χ0) is 31.0. The van der Waals surface area contributed by atoms with Crippen molar-refractivity contribution in [2.75, 3.05) is 41.4 Å². The largest absolute Gasteiger partial charge is 0.508 e. The molecule has 6 rings (SSSR count). The maximum Gasteiger partial charge on any atom is 0.211 e. The molecule has 230 valence electrons. The van der Waals surface area contributed by atoms with Crippen LogP contribution < -0.4 is 14.2 Å². The van der Waals surface area contributed by atoms with Crippen LogP contribution in [0.1, 0.15) is 45.5 Å². The summed E-state index contributed by atoms with van der Waals surface area (Å²) in [6.07, 6.45) is 3.15. The molecule has 0 unspecified atom stereocenters. The topological polar surface area (TPSA) is 94.9 Å². The first kappa shape index (κ1) is 29.7. The molecule has 4 aromatic rings. The van der Waals surface area contributed by atoms with E-state index in [0.29, 0.717) is 29.4 Å². The SMILES string of the molecule is COc1cc2c(cc1O)[C@@H](Cc1ccc(Oc3c(OC)cc4c(c3O)[C@@H](Cc3ccc(O)cc3)N(C)CC4)cc1)N(C)CC2. The van der Waals surface area contributed by atoms with Crippen molar-refractivity contribution >= 4 is 0 Å². The molecule has 0 aromatic heterocycles. The van der Waals surface area contributed by atoms with Crippen molar-refractivity contribution in [1.82, 2.24) is 9.80 Å². The number of phenolic OH excluding ortho intramolecular Hbond substituents is 3. The Kier molecular flexibility index (Phi) is 8.29. The fourth-order valence-electron chi connectivity index (χ4n) is 6.62. The predicted octanol–water partition coefficient (Wildman–Crippen LogP) is 6.16. The molecule has 0 aliphatic carbocycles. The number of hydrogen-bond donors (Lipinski definition) is 3. The average molecular weight is 597 g/mol. The summed E-state index contributed by atoms with van der Waals surface area (Å²) in [5, 5.41) is 31.9. The minimum atomic E-state index is -0.0614. The molecule has 0 bridgehead atoms. The van der Waals surface area contributed by atoms with Gasteiger partial charge in [-0.3, -0.25) is 9.80 Å². The molecule has 2 aliphatic rings. The lowest BCUT2D eigenvalue weighted by Gasteiger charge is -2.36. The Labute approximate surface area is 258 Å². The van der Waals surface area contributed by atoms with Gasteiger partial charge in [0.05, 0.1) is 14.2 Å². The quantitative estimate of drug-likeness (QED) is 0.223. The first-order valence-corrected chi connectivity index (χ1v) is 15.0. The normalized spacial score (nSPS) is 18.4. The molecule has 0 radical (unpaired) electrons. The molecule has 3 N–H and O–H groups in total. The number of fused-ring (bicyclic) bond motifs is 2. The molecule has 2 aliphatic heterocycles. The van der Waals surface area contributed by atoms with Crippen LogP contribution in [0.5, 0.6) is 40.2 Å². The summed E-state index contributed by atoms with van der Waals surface area (Å²) in [6, 6.07) is 21.0. The van der Waals surface area contributed by atoms with Crippen LogP contribution in [-0.2, 0) is 25.7 Å². The number of benzene rings is 4. The number of phenols is 3. The zero-order valence-electron chi connectivity index (χ0n) is 25.7. The second kappa shape index (κ2) is 12.3. The van der Waals surface area contributed by atoms with E-state index >= 15 is 0 Å². The maximum absolute atomic E-state index is 11.7. The maximum atomic E-state index is 11.7. The minimum Gasteiger partial charge on any atom is -0.508 e. The van der Waals surface area contributed by atoms with Gasteiger partial charge in [0.15, 0.2) is 23.0 Å². The van der Waals surface area contributed by atoms with E-state index < -0.39 is 0 Å². The van der Waals surface area contributed by atoms with Crippen LogP contribution in [0.25, 0.3) is 0 Å². The smallest absolute Gasteiger partial charge is 0.211 e. The van der Waals surface area contributed by atoms with Gasteiger partial charge >= 0.3 is 0 Å². The Bertz CT molecular complexity index is 1640. The summed E-state index contributed by atoms with van der Waals surface area (Å²) in [5.74, 6) is 2.38. The average Bonchev–Trinajstić information content (AvgIpc) is 3.02. The molecular weight excluding hydrogens is 556 g/mol. The standard InChI is InChI=1S/C36H40N2O6/c1-37-15-13-24-19-32(42-3)31(40)21-28(24)29(37)17-23-7-11-27(12-8-23)44-36-33(43-4)20-25-14-16-38(2)30(34(25)35(36)41)18-22-5-9-26(39)10-6-22/h5-12,19-21,29-30,39-41H,13-18H2,1-4H3/t29-,30-/m1/s1. The third kappa shape index (κ3) is 5.75. The summed E-state index contributed by atoms with van der Waals surface area (Å²) in [6.45, 7) is 1.78. The van der Waals surface area contributed by atoms with Crippen LogP contribution in [0.2, 0.25) is 0 Å². The molecule has 0 spiro atoms. The molecule has 0 saturated heterocycles. The highest BCUT2D eigenvalue weighted by Gasteiger charge is 2.32.